The Morgan fingerprint density at radius 1 is 0.449 bits per heavy atom. The normalized spacial score (nSPS) is 11.4. The highest BCUT2D eigenvalue weighted by molar-refractivity contribution is 5.45. The maximum Gasteiger partial charge on any atom is 0.127 e. The van der Waals surface area contributed by atoms with E-state index in [-0.39, 0.29) is 0 Å². The maximum atomic E-state index is 5.51. The fraction of sp³-hybridized carbons (Fsp3) is 0.707. The Hall–Kier alpha value is -2.52. The zero-order chi connectivity index (χ0) is 35.4. The summed E-state index contributed by atoms with van der Waals surface area (Å²) in [5.41, 5.74) is 2.19. The van der Waals surface area contributed by atoms with Crippen LogP contribution in [0.4, 0.5) is 0 Å². The summed E-state index contributed by atoms with van der Waals surface area (Å²) in [5, 5.41) is 10.8. The third-order valence-corrected chi connectivity index (χ3v) is 9.45. The average Bonchev–Trinajstić information content (AvgIpc) is 3.12. The van der Waals surface area contributed by atoms with E-state index in [0.717, 1.165) is 73.4 Å². The molecule has 2 aromatic rings. The SMILES string of the molecule is COc1cccc(OC)c1CNCCCCCCNCCCCCCCCN(CCCCCCNCc1c(OC)cccc1OC)C(C)C. The van der Waals surface area contributed by atoms with E-state index < -0.39 is 0 Å². The van der Waals surface area contributed by atoms with Crippen LogP contribution in [0.3, 0.4) is 0 Å². The number of methoxy groups -OCH3 is 4. The topological polar surface area (TPSA) is 76.3 Å². The van der Waals surface area contributed by atoms with Crippen LogP contribution in [0.2, 0.25) is 0 Å². The molecule has 0 aliphatic heterocycles. The molecule has 0 radical (unpaired) electrons. The van der Waals surface area contributed by atoms with Gasteiger partial charge in [-0.15, -0.1) is 0 Å². The Bertz CT molecular complexity index is 1040. The van der Waals surface area contributed by atoms with E-state index in [9.17, 15) is 0 Å². The van der Waals surface area contributed by atoms with E-state index in [4.69, 9.17) is 18.9 Å². The summed E-state index contributed by atoms with van der Waals surface area (Å²) < 4.78 is 22.0. The van der Waals surface area contributed by atoms with Gasteiger partial charge in [-0.2, -0.15) is 0 Å². The molecule has 280 valence electrons. The van der Waals surface area contributed by atoms with Gasteiger partial charge in [0.15, 0.2) is 0 Å². The van der Waals surface area contributed by atoms with Crippen molar-refractivity contribution in [3.63, 3.8) is 0 Å². The molecule has 8 nitrogen and oxygen atoms in total. The van der Waals surface area contributed by atoms with Crippen LogP contribution in [0.5, 0.6) is 23.0 Å². The van der Waals surface area contributed by atoms with E-state index in [2.05, 4.69) is 34.7 Å². The van der Waals surface area contributed by atoms with Crippen molar-refractivity contribution in [2.45, 2.75) is 123 Å². The van der Waals surface area contributed by atoms with E-state index in [1.165, 1.54) is 103 Å². The molecule has 0 aromatic heterocycles. The van der Waals surface area contributed by atoms with Crippen LogP contribution >= 0.6 is 0 Å². The van der Waals surface area contributed by atoms with Crippen molar-refractivity contribution < 1.29 is 18.9 Å². The quantitative estimate of drug-likeness (QED) is 0.0664. The van der Waals surface area contributed by atoms with Crippen LogP contribution in [0.15, 0.2) is 36.4 Å². The third-order valence-electron chi connectivity index (χ3n) is 9.45. The summed E-state index contributed by atoms with van der Waals surface area (Å²) in [6.07, 6.45) is 18.2. The third kappa shape index (κ3) is 18.3. The van der Waals surface area contributed by atoms with Crippen LogP contribution in [0, 0.1) is 0 Å². The molecule has 8 heteroatoms. The van der Waals surface area contributed by atoms with E-state index in [1.54, 1.807) is 28.4 Å². The van der Waals surface area contributed by atoms with Crippen LogP contribution < -0.4 is 34.9 Å². The fourth-order valence-electron chi connectivity index (χ4n) is 6.43. The molecule has 0 fully saturated rings. The number of benzene rings is 2. The first-order valence-corrected chi connectivity index (χ1v) is 19.3. The van der Waals surface area contributed by atoms with Crippen molar-refractivity contribution in [1.29, 1.82) is 0 Å². The van der Waals surface area contributed by atoms with Crippen LogP contribution in [-0.4, -0.2) is 78.6 Å². The molecule has 3 N–H and O–H groups in total. The Kier molecular flexibility index (Phi) is 24.5. The Labute approximate surface area is 300 Å². The monoisotopic (exact) mass is 685 g/mol. The highest BCUT2D eigenvalue weighted by atomic mass is 16.5. The Morgan fingerprint density at radius 2 is 0.755 bits per heavy atom. The second-order valence-corrected chi connectivity index (χ2v) is 13.5. The molecule has 0 atom stereocenters. The lowest BCUT2D eigenvalue weighted by Gasteiger charge is -2.26. The van der Waals surface area contributed by atoms with Crippen molar-refractivity contribution in [3.8, 4) is 23.0 Å². The minimum absolute atomic E-state index is 0.633. The van der Waals surface area contributed by atoms with E-state index in [0.29, 0.717) is 6.04 Å². The number of hydrogen-bond donors (Lipinski definition) is 3. The summed E-state index contributed by atoms with van der Waals surface area (Å²) in [6.45, 7) is 13.1. The minimum atomic E-state index is 0.633. The van der Waals surface area contributed by atoms with Crippen molar-refractivity contribution in [1.82, 2.24) is 20.9 Å². The van der Waals surface area contributed by atoms with Gasteiger partial charge in [-0.3, -0.25) is 0 Å². The molecule has 2 rings (SSSR count). The van der Waals surface area contributed by atoms with E-state index >= 15 is 0 Å². The first-order valence-electron chi connectivity index (χ1n) is 19.3. The molecule has 0 amide bonds. The Balaban J connectivity index is 1.36. The zero-order valence-electron chi connectivity index (χ0n) is 32.2. The number of nitrogens with one attached hydrogen (secondary N) is 3. The van der Waals surface area contributed by atoms with Gasteiger partial charge in [-0.1, -0.05) is 63.5 Å². The number of hydrogen-bond acceptors (Lipinski definition) is 8. The van der Waals surface area contributed by atoms with Crippen LogP contribution in [0.1, 0.15) is 115 Å². The second kappa shape index (κ2) is 28.2. The van der Waals surface area contributed by atoms with Gasteiger partial charge in [0.05, 0.1) is 28.4 Å². The predicted molar refractivity (Wildman–Crippen MR) is 207 cm³/mol. The first kappa shape index (κ1) is 42.6. The van der Waals surface area contributed by atoms with Crippen molar-refractivity contribution in [2.24, 2.45) is 0 Å². The van der Waals surface area contributed by atoms with Gasteiger partial charge in [0.2, 0.25) is 0 Å². The molecular weight excluding hydrogens is 612 g/mol. The lowest BCUT2D eigenvalue weighted by molar-refractivity contribution is 0.211. The van der Waals surface area contributed by atoms with Gasteiger partial charge in [0, 0.05) is 30.3 Å². The summed E-state index contributed by atoms with van der Waals surface area (Å²) in [5.74, 6) is 3.53. The number of ether oxygens (including phenoxy) is 4. The lowest BCUT2D eigenvalue weighted by Crippen LogP contribution is -2.32. The molecule has 2 aromatic carbocycles. The molecule has 0 heterocycles. The van der Waals surface area contributed by atoms with E-state index in [1.807, 2.05) is 36.4 Å². The highest BCUT2D eigenvalue weighted by Gasteiger charge is 2.11. The second-order valence-electron chi connectivity index (χ2n) is 13.5. The average molecular weight is 685 g/mol. The predicted octanol–water partition coefficient (Wildman–Crippen LogP) is 8.36. The smallest absolute Gasteiger partial charge is 0.127 e. The zero-order valence-corrected chi connectivity index (χ0v) is 32.2. The molecule has 49 heavy (non-hydrogen) atoms. The number of nitrogens with zero attached hydrogens (tertiary/aromatic N) is 1. The van der Waals surface area contributed by atoms with Crippen molar-refractivity contribution >= 4 is 0 Å². The molecule has 0 aliphatic rings. The summed E-state index contributed by atoms with van der Waals surface area (Å²) in [4.78, 5) is 2.69. The Morgan fingerprint density at radius 3 is 1.08 bits per heavy atom. The molecule has 0 saturated carbocycles. The largest absolute Gasteiger partial charge is 0.496 e. The summed E-state index contributed by atoms with van der Waals surface area (Å²) >= 11 is 0. The molecule has 0 saturated heterocycles. The molecular formula is C41H72N4O4. The molecule has 0 aliphatic carbocycles. The van der Waals surface area contributed by atoms with Crippen molar-refractivity contribution in [3.05, 3.63) is 47.5 Å². The van der Waals surface area contributed by atoms with Gasteiger partial charge in [-0.25, -0.2) is 0 Å². The molecule has 0 unspecified atom stereocenters. The van der Waals surface area contributed by atoms with Gasteiger partial charge in [0.1, 0.15) is 23.0 Å². The van der Waals surface area contributed by atoms with Gasteiger partial charge < -0.3 is 39.8 Å². The summed E-state index contributed by atoms with van der Waals surface area (Å²) in [6, 6.07) is 12.5. The first-order chi connectivity index (χ1) is 24.0. The maximum absolute atomic E-state index is 5.51. The summed E-state index contributed by atoms with van der Waals surface area (Å²) in [7, 11) is 6.86. The number of rotatable bonds is 32. The van der Waals surface area contributed by atoms with Crippen LogP contribution in [0.25, 0.3) is 0 Å². The molecule has 0 bridgehead atoms. The fourth-order valence-corrected chi connectivity index (χ4v) is 6.43. The van der Waals surface area contributed by atoms with Gasteiger partial charge in [0.25, 0.3) is 0 Å². The van der Waals surface area contributed by atoms with Crippen molar-refractivity contribution in [2.75, 3.05) is 67.7 Å². The lowest BCUT2D eigenvalue weighted by atomic mass is 10.1. The van der Waals surface area contributed by atoms with Crippen LogP contribution in [-0.2, 0) is 13.1 Å². The van der Waals surface area contributed by atoms with Gasteiger partial charge >= 0.3 is 0 Å². The minimum Gasteiger partial charge on any atom is -0.496 e. The number of unbranched alkanes of at least 4 members (excludes halogenated alkanes) is 11. The highest BCUT2D eigenvalue weighted by Crippen LogP contribution is 2.29. The molecule has 0 spiro atoms. The van der Waals surface area contributed by atoms with Gasteiger partial charge in [-0.05, 0) is 116 Å². The standard InChI is InChI=1S/C41H72N4O4/c1-35(2)45(32-20-14-12-18-30-44-34-37-40(48-5)25-22-26-41(37)49-6)31-19-13-8-7-9-15-27-42-28-16-10-11-17-29-43-33-36-38(46-3)23-21-24-39(36)47-4/h21-26,35,42-44H,7-20,27-34H2,1-6H3.